The molecule has 2 atom stereocenters. The van der Waals surface area contributed by atoms with E-state index in [1.54, 1.807) is 20.0 Å². The molecule has 0 heterocycles. The fourth-order valence-corrected chi connectivity index (χ4v) is 1.93. The summed E-state index contributed by atoms with van der Waals surface area (Å²) >= 11 is 5.62. The lowest BCUT2D eigenvalue weighted by atomic mass is 10.2. The topological polar surface area (TPSA) is 61.4 Å². The molecule has 0 unspecified atom stereocenters. The van der Waals surface area contributed by atoms with Gasteiger partial charge in [0, 0.05) is 19.6 Å². The molecule has 0 aliphatic heterocycles. The average molecular weight is 344 g/mol. The van der Waals surface area contributed by atoms with E-state index >= 15 is 0 Å². The Hall–Kier alpha value is -1.82. The molecule has 128 valence electrons. The number of halogens is 2. The van der Waals surface area contributed by atoms with Crippen LogP contribution in [0.1, 0.15) is 32.8 Å². The van der Waals surface area contributed by atoms with E-state index in [0.29, 0.717) is 5.56 Å². The van der Waals surface area contributed by atoms with Crippen molar-refractivity contribution in [2.24, 2.45) is 0 Å². The van der Waals surface area contributed by atoms with Crippen molar-refractivity contribution in [3.05, 3.63) is 34.6 Å². The molecule has 2 N–H and O–H groups in total. The Morgan fingerprint density at radius 1 is 1.30 bits per heavy atom. The quantitative estimate of drug-likeness (QED) is 0.834. The molecule has 0 aromatic heterocycles. The Morgan fingerprint density at radius 2 is 1.96 bits per heavy atom. The second-order valence-corrected chi connectivity index (χ2v) is 6.00. The number of carbonyl (C=O) groups is 2. The Labute approximate surface area is 141 Å². The van der Waals surface area contributed by atoms with Crippen molar-refractivity contribution in [1.29, 1.82) is 0 Å². The van der Waals surface area contributed by atoms with Gasteiger partial charge in [-0.25, -0.2) is 9.18 Å². The highest BCUT2D eigenvalue weighted by Crippen LogP contribution is 2.16. The normalized spacial score (nSPS) is 13.1. The highest BCUT2D eigenvalue weighted by atomic mass is 35.5. The standard InChI is InChI=1S/C16H23ClFN3O2/c1-5-10(2)19-15(22)11(3)20-16(23)21(4)9-12-6-7-13(17)14(18)8-12/h6-8,10-11H,5,9H2,1-4H3,(H,19,22)(H,20,23)/t10-,11+/m0/s1. The average Bonchev–Trinajstić information content (AvgIpc) is 2.50. The number of nitrogens with one attached hydrogen (secondary N) is 2. The second kappa shape index (κ2) is 8.72. The summed E-state index contributed by atoms with van der Waals surface area (Å²) in [5.41, 5.74) is 0.612. The van der Waals surface area contributed by atoms with Gasteiger partial charge in [-0.05, 0) is 38.0 Å². The first-order chi connectivity index (χ1) is 10.7. The molecule has 0 aliphatic rings. The van der Waals surface area contributed by atoms with E-state index in [1.165, 1.54) is 17.0 Å². The smallest absolute Gasteiger partial charge is 0.318 e. The lowest BCUT2D eigenvalue weighted by Gasteiger charge is -2.22. The first kappa shape index (κ1) is 19.2. The van der Waals surface area contributed by atoms with Crippen LogP contribution >= 0.6 is 11.6 Å². The zero-order valence-corrected chi connectivity index (χ0v) is 14.6. The van der Waals surface area contributed by atoms with Gasteiger partial charge >= 0.3 is 6.03 Å². The molecule has 0 aliphatic carbocycles. The Kier molecular flexibility index (Phi) is 7.29. The van der Waals surface area contributed by atoms with Gasteiger partial charge in [0.25, 0.3) is 0 Å². The fraction of sp³-hybridized carbons (Fsp3) is 0.500. The van der Waals surface area contributed by atoms with Gasteiger partial charge in [-0.1, -0.05) is 24.6 Å². The highest BCUT2D eigenvalue weighted by molar-refractivity contribution is 6.30. The third-order valence-electron chi connectivity index (χ3n) is 3.48. The number of urea groups is 1. The molecule has 3 amide bonds. The summed E-state index contributed by atoms with van der Waals surface area (Å²) in [5, 5.41) is 5.45. The molecule has 1 aromatic carbocycles. The maximum absolute atomic E-state index is 13.4. The van der Waals surface area contributed by atoms with Crippen molar-refractivity contribution < 1.29 is 14.0 Å². The zero-order chi connectivity index (χ0) is 17.6. The summed E-state index contributed by atoms with van der Waals surface area (Å²) < 4.78 is 13.4. The van der Waals surface area contributed by atoms with Crippen LogP contribution in [0, 0.1) is 5.82 Å². The number of benzene rings is 1. The minimum absolute atomic E-state index is 0.0381. The summed E-state index contributed by atoms with van der Waals surface area (Å²) in [4.78, 5) is 25.4. The number of amides is 3. The highest BCUT2D eigenvalue weighted by Gasteiger charge is 2.19. The van der Waals surface area contributed by atoms with E-state index in [4.69, 9.17) is 11.6 Å². The van der Waals surface area contributed by atoms with Gasteiger partial charge in [-0.2, -0.15) is 0 Å². The van der Waals surface area contributed by atoms with Gasteiger partial charge in [0.05, 0.1) is 5.02 Å². The van der Waals surface area contributed by atoms with Crippen LogP contribution in [-0.4, -0.2) is 36.0 Å². The monoisotopic (exact) mass is 343 g/mol. The van der Waals surface area contributed by atoms with Crippen molar-refractivity contribution in [3.8, 4) is 0 Å². The van der Waals surface area contributed by atoms with E-state index in [1.807, 2.05) is 13.8 Å². The van der Waals surface area contributed by atoms with Crippen molar-refractivity contribution in [1.82, 2.24) is 15.5 Å². The minimum Gasteiger partial charge on any atom is -0.352 e. The summed E-state index contributed by atoms with van der Waals surface area (Å²) in [5.74, 6) is -0.766. The van der Waals surface area contributed by atoms with Gasteiger partial charge in [-0.3, -0.25) is 4.79 Å². The fourth-order valence-electron chi connectivity index (χ4n) is 1.81. The predicted octanol–water partition coefficient (Wildman–Crippen LogP) is 2.92. The van der Waals surface area contributed by atoms with E-state index in [2.05, 4.69) is 10.6 Å². The number of nitrogens with zero attached hydrogens (tertiary/aromatic N) is 1. The van der Waals surface area contributed by atoms with Crippen molar-refractivity contribution in [2.75, 3.05) is 7.05 Å². The van der Waals surface area contributed by atoms with Crippen molar-refractivity contribution in [2.45, 2.75) is 45.8 Å². The zero-order valence-electron chi connectivity index (χ0n) is 13.8. The molecule has 23 heavy (non-hydrogen) atoms. The van der Waals surface area contributed by atoms with Crippen LogP contribution < -0.4 is 10.6 Å². The van der Waals surface area contributed by atoms with Crippen LogP contribution in [0.5, 0.6) is 0 Å². The summed E-state index contributed by atoms with van der Waals surface area (Å²) in [6.07, 6.45) is 0.814. The Morgan fingerprint density at radius 3 is 2.52 bits per heavy atom. The Balaban J connectivity index is 2.56. The van der Waals surface area contributed by atoms with E-state index < -0.39 is 17.9 Å². The van der Waals surface area contributed by atoms with Crippen LogP contribution in [0.25, 0.3) is 0 Å². The summed E-state index contributed by atoms with van der Waals surface area (Å²) in [7, 11) is 1.57. The molecule has 0 spiro atoms. The third kappa shape index (κ3) is 6.06. The van der Waals surface area contributed by atoms with Crippen LogP contribution in [0.2, 0.25) is 5.02 Å². The molecule has 0 saturated heterocycles. The molecule has 1 rings (SSSR count). The SMILES string of the molecule is CC[C@H](C)NC(=O)[C@@H](C)NC(=O)N(C)Cc1ccc(Cl)c(F)c1. The first-order valence-corrected chi connectivity index (χ1v) is 7.88. The van der Waals surface area contributed by atoms with Gasteiger partial charge in [0.2, 0.25) is 5.91 Å². The number of carbonyl (C=O) groups excluding carboxylic acids is 2. The lowest BCUT2D eigenvalue weighted by molar-refractivity contribution is -0.123. The lowest BCUT2D eigenvalue weighted by Crippen LogP contribution is -2.50. The van der Waals surface area contributed by atoms with Gasteiger partial charge in [0.15, 0.2) is 0 Å². The maximum Gasteiger partial charge on any atom is 0.318 e. The number of rotatable bonds is 6. The largest absolute Gasteiger partial charge is 0.352 e. The first-order valence-electron chi connectivity index (χ1n) is 7.50. The van der Waals surface area contributed by atoms with E-state index in [-0.39, 0.29) is 23.5 Å². The molecule has 0 bridgehead atoms. The van der Waals surface area contributed by atoms with Crippen LogP contribution in [0.15, 0.2) is 18.2 Å². The maximum atomic E-state index is 13.4. The third-order valence-corrected chi connectivity index (χ3v) is 3.79. The molecule has 0 fully saturated rings. The van der Waals surface area contributed by atoms with E-state index in [0.717, 1.165) is 6.42 Å². The van der Waals surface area contributed by atoms with Gasteiger partial charge in [0.1, 0.15) is 11.9 Å². The number of hydrogen-bond acceptors (Lipinski definition) is 2. The van der Waals surface area contributed by atoms with Gasteiger partial charge in [-0.15, -0.1) is 0 Å². The summed E-state index contributed by atoms with van der Waals surface area (Å²) in [6, 6.07) is 3.37. The predicted molar refractivity (Wildman–Crippen MR) is 88.8 cm³/mol. The molecule has 1 aromatic rings. The minimum atomic E-state index is -0.652. The molecule has 0 radical (unpaired) electrons. The van der Waals surface area contributed by atoms with Crippen molar-refractivity contribution >= 4 is 23.5 Å². The number of hydrogen-bond donors (Lipinski definition) is 2. The van der Waals surface area contributed by atoms with Crippen LogP contribution in [-0.2, 0) is 11.3 Å². The molecular weight excluding hydrogens is 321 g/mol. The van der Waals surface area contributed by atoms with Gasteiger partial charge < -0.3 is 15.5 Å². The second-order valence-electron chi connectivity index (χ2n) is 5.59. The van der Waals surface area contributed by atoms with Crippen molar-refractivity contribution in [3.63, 3.8) is 0 Å². The molecule has 7 heteroatoms. The molecule has 0 saturated carbocycles. The Bertz CT molecular complexity index is 568. The molecule has 5 nitrogen and oxygen atoms in total. The van der Waals surface area contributed by atoms with Crippen LogP contribution in [0.4, 0.5) is 9.18 Å². The van der Waals surface area contributed by atoms with Crippen LogP contribution in [0.3, 0.4) is 0 Å². The summed E-state index contributed by atoms with van der Waals surface area (Å²) in [6.45, 7) is 5.69. The van der Waals surface area contributed by atoms with E-state index in [9.17, 15) is 14.0 Å². The molecular formula is C16H23ClFN3O2.